The quantitative estimate of drug-likeness (QED) is 0.817. The summed E-state index contributed by atoms with van der Waals surface area (Å²) in [6.07, 6.45) is 0. The first kappa shape index (κ1) is 13.5. The Hall–Kier alpha value is -1.96. The molecule has 0 atom stereocenters. The molecular weight excluding hydrogens is 359 g/mol. The van der Waals surface area contributed by atoms with Crippen LogP contribution in [0, 0.1) is 3.57 Å². The van der Waals surface area contributed by atoms with E-state index in [0.29, 0.717) is 5.56 Å². The van der Waals surface area contributed by atoms with Crippen LogP contribution < -0.4 is 5.32 Å². The second kappa shape index (κ2) is 5.79. The molecule has 19 heavy (non-hydrogen) atoms. The van der Waals surface area contributed by atoms with Crippen LogP contribution in [0.5, 0.6) is 0 Å². The Morgan fingerprint density at radius 2 is 1.89 bits per heavy atom. The zero-order chi connectivity index (χ0) is 13.8. The van der Waals surface area contributed by atoms with Gasteiger partial charge < -0.3 is 10.4 Å². The topological polar surface area (TPSA) is 79.3 Å². The number of rotatable bonds is 3. The van der Waals surface area contributed by atoms with Gasteiger partial charge in [0.15, 0.2) is 5.69 Å². The van der Waals surface area contributed by atoms with Crippen LogP contribution in [0.1, 0.15) is 20.8 Å². The fourth-order valence-electron chi connectivity index (χ4n) is 1.44. The highest BCUT2D eigenvalue weighted by Gasteiger charge is 2.09. The highest BCUT2D eigenvalue weighted by atomic mass is 127. The van der Waals surface area contributed by atoms with E-state index in [4.69, 9.17) is 5.11 Å². The molecule has 2 aromatic rings. The first-order valence-electron chi connectivity index (χ1n) is 5.33. The molecule has 0 saturated carbocycles. The van der Waals surface area contributed by atoms with Gasteiger partial charge in [-0.2, -0.15) is 0 Å². The average Bonchev–Trinajstić information content (AvgIpc) is 2.39. The summed E-state index contributed by atoms with van der Waals surface area (Å²) in [5.41, 5.74) is 0.384. The molecule has 1 aromatic carbocycles. The summed E-state index contributed by atoms with van der Waals surface area (Å²) in [4.78, 5) is 26.5. The van der Waals surface area contributed by atoms with Crippen LogP contribution in [-0.2, 0) is 0 Å². The summed E-state index contributed by atoms with van der Waals surface area (Å²) >= 11 is 2.11. The molecule has 0 spiro atoms. The first-order chi connectivity index (χ1) is 9.06. The summed E-state index contributed by atoms with van der Waals surface area (Å²) in [5, 5.41) is 11.4. The molecule has 0 bridgehead atoms. The Bertz CT molecular complexity index is 643. The zero-order valence-electron chi connectivity index (χ0n) is 9.63. The van der Waals surface area contributed by atoms with Crippen LogP contribution >= 0.6 is 22.6 Å². The summed E-state index contributed by atoms with van der Waals surface area (Å²) in [6, 6.07) is 11.5. The van der Waals surface area contributed by atoms with Crippen molar-refractivity contribution in [2.45, 2.75) is 0 Å². The largest absolute Gasteiger partial charge is 0.477 e. The minimum Gasteiger partial charge on any atom is -0.477 e. The molecule has 96 valence electrons. The van der Waals surface area contributed by atoms with Crippen LogP contribution in [0.4, 0.5) is 5.82 Å². The van der Waals surface area contributed by atoms with Gasteiger partial charge in [-0.3, -0.25) is 4.79 Å². The zero-order valence-corrected chi connectivity index (χ0v) is 11.8. The van der Waals surface area contributed by atoms with Crippen molar-refractivity contribution in [3.05, 3.63) is 57.3 Å². The second-order valence-corrected chi connectivity index (χ2v) is 4.92. The lowest BCUT2D eigenvalue weighted by Crippen LogP contribution is -2.14. The Morgan fingerprint density at radius 3 is 2.58 bits per heavy atom. The summed E-state index contributed by atoms with van der Waals surface area (Å²) < 4.78 is 0.942. The molecule has 2 N–H and O–H groups in total. The molecule has 0 radical (unpaired) electrons. The molecule has 1 heterocycles. The van der Waals surface area contributed by atoms with Gasteiger partial charge >= 0.3 is 5.97 Å². The van der Waals surface area contributed by atoms with Gasteiger partial charge in [0.2, 0.25) is 0 Å². The Morgan fingerprint density at radius 1 is 1.16 bits per heavy atom. The second-order valence-electron chi connectivity index (χ2n) is 3.68. The van der Waals surface area contributed by atoms with Crippen LogP contribution in [-0.4, -0.2) is 22.0 Å². The number of hydrogen-bond acceptors (Lipinski definition) is 3. The van der Waals surface area contributed by atoms with E-state index in [-0.39, 0.29) is 17.4 Å². The van der Waals surface area contributed by atoms with Gasteiger partial charge in [-0.1, -0.05) is 12.1 Å². The number of amides is 1. The van der Waals surface area contributed by atoms with Crippen molar-refractivity contribution in [1.29, 1.82) is 0 Å². The van der Waals surface area contributed by atoms with Gasteiger partial charge in [0, 0.05) is 9.13 Å². The minimum absolute atomic E-state index is 0.111. The lowest BCUT2D eigenvalue weighted by atomic mass is 10.2. The Labute approximate surface area is 122 Å². The number of carbonyl (C=O) groups excluding carboxylic acids is 1. The van der Waals surface area contributed by atoms with Crippen LogP contribution in [0.3, 0.4) is 0 Å². The van der Waals surface area contributed by atoms with E-state index in [9.17, 15) is 9.59 Å². The van der Waals surface area contributed by atoms with Crippen molar-refractivity contribution in [2.24, 2.45) is 0 Å². The maximum absolute atomic E-state index is 11.9. The maximum atomic E-state index is 11.9. The van der Waals surface area contributed by atoms with E-state index >= 15 is 0 Å². The number of benzene rings is 1. The predicted octanol–water partition coefficient (Wildman–Crippen LogP) is 2.64. The molecule has 1 aromatic heterocycles. The number of aromatic carboxylic acids is 1. The summed E-state index contributed by atoms with van der Waals surface area (Å²) in [6.45, 7) is 0. The molecule has 5 nitrogen and oxygen atoms in total. The van der Waals surface area contributed by atoms with Crippen molar-refractivity contribution in [1.82, 2.24) is 4.98 Å². The number of pyridine rings is 1. The van der Waals surface area contributed by atoms with E-state index in [1.165, 1.54) is 18.2 Å². The van der Waals surface area contributed by atoms with E-state index in [1.54, 1.807) is 18.2 Å². The molecule has 2 rings (SSSR count). The number of aromatic nitrogens is 1. The van der Waals surface area contributed by atoms with Crippen LogP contribution in [0.15, 0.2) is 42.5 Å². The molecular formula is C13H9IN2O3. The molecule has 0 aliphatic heterocycles. The van der Waals surface area contributed by atoms with E-state index < -0.39 is 5.97 Å². The standard InChI is InChI=1S/C13H9IN2O3/c14-9-4-1-3-8(7-9)12(17)16-11-6-2-5-10(15-11)13(18)19/h1-7H,(H,18,19)(H,15,16,17). The third-order valence-electron chi connectivity index (χ3n) is 2.30. The molecule has 1 amide bonds. The number of carboxylic acid groups (broad SMARTS) is 1. The van der Waals surface area contributed by atoms with Gasteiger partial charge in [0.25, 0.3) is 5.91 Å². The van der Waals surface area contributed by atoms with Crippen LogP contribution in [0.2, 0.25) is 0 Å². The lowest BCUT2D eigenvalue weighted by Gasteiger charge is -2.05. The summed E-state index contributed by atoms with van der Waals surface area (Å²) in [7, 11) is 0. The Kier molecular flexibility index (Phi) is 4.10. The van der Waals surface area contributed by atoms with Gasteiger partial charge in [-0.25, -0.2) is 9.78 Å². The van der Waals surface area contributed by atoms with E-state index in [0.717, 1.165) is 3.57 Å². The van der Waals surface area contributed by atoms with Crippen molar-refractivity contribution >= 4 is 40.3 Å². The Balaban J connectivity index is 2.19. The third-order valence-corrected chi connectivity index (χ3v) is 2.97. The molecule has 0 fully saturated rings. The minimum atomic E-state index is -1.13. The third kappa shape index (κ3) is 3.50. The van der Waals surface area contributed by atoms with Gasteiger partial charge in [-0.05, 0) is 52.9 Å². The molecule has 6 heteroatoms. The monoisotopic (exact) mass is 368 g/mol. The van der Waals surface area contributed by atoms with Gasteiger partial charge in [0.1, 0.15) is 5.82 Å². The maximum Gasteiger partial charge on any atom is 0.354 e. The van der Waals surface area contributed by atoms with Gasteiger partial charge in [-0.15, -0.1) is 0 Å². The van der Waals surface area contributed by atoms with Crippen molar-refractivity contribution in [2.75, 3.05) is 5.32 Å². The number of nitrogens with zero attached hydrogens (tertiary/aromatic N) is 1. The normalized spacial score (nSPS) is 9.95. The number of anilines is 1. The van der Waals surface area contributed by atoms with Crippen molar-refractivity contribution in [3.8, 4) is 0 Å². The SMILES string of the molecule is O=C(Nc1cccc(C(=O)O)n1)c1cccc(I)c1. The summed E-state index contributed by atoms with van der Waals surface area (Å²) in [5.74, 6) is -1.25. The van der Waals surface area contributed by atoms with Crippen molar-refractivity contribution in [3.63, 3.8) is 0 Å². The average molecular weight is 368 g/mol. The van der Waals surface area contributed by atoms with Crippen LogP contribution in [0.25, 0.3) is 0 Å². The lowest BCUT2D eigenvalue weighted by molar-refractivity contribution is 0.0690. The number of carbonyl (C=O) groups is 2. The van der Waals surface area contributed by atoms with Gasteiger partial charge in [0.05, 0.1) is 0 Å². The van der Waals surface area contributed by atoms with E-state index in [1.807, 2.05) is 6.07 Å². The molecule has 0 aliphatic carbocycles. The van der Waals surface area contributed by atoms with Crippen molar-refractivity contribution < 1.29 is 14.7 Å². The smallest absolute Gasteiger partial charge is 0.354 e. The predicted molar refractivity (Wildman–Crippen MR) is 78.3 cm³/mol. The van der Waals surface area contributed by atoms with E-state index in [2.05, 4.69) is 32.9 Å². The highest BCUT2D eigenvalue weighted by molar-refractivity contribution is 14.1. The molecule has 0 saturated heterocycles. The number of carboxylic acids is 1. The fourth-order valence-corrected chi connectivity index (χ4v) is 1.98. The molecule has 0 aliphatic rings. The fraction of sp³-hybridized carbons (Fsp3) is 0. The molecule has 0 unspecified atom stereocenters. The number of hydrogen-bond donors (Lipinski definition) is 2. The number of halogens is 1. The number of nitrogens with one attached hydrogen (secondary N) is 1. The highest BCUT2D eigenvalue weighted by Crippen LogP contribution is 2.11. The first-order valence-corrected chi connectivity index (χ1v) is 6.41.